The van der Waals surface area contributed by atoms with Crippen LogP contribution in [0, 0.1) is 5.82 Å². The van der Waals surface area contributed by atoms with Crippen LogP contribution in [0.2, 0.25) is 0 Å². The van der Waals surface area contributed by atoms with Gasteiger partial charge in [0.2, 0.25) is 0 Å². The molecule has 0 radical (unpaired) electrons. The predicted molar refractivity (Wildman–Crippen MR) is 155 cm³/mol. The summed E-state index contributed by atoms with van der Waals surface area (Å²) in [7, 11) is 1.53. The largest absolute Gasteiger partial charge is 0.497 e. The van der Waals surface area contributed by atoms with Gasteiger partial charge in [0.1, 0.15) is 17.3 Å². The van der Waals surface area contributed by atoms with Gasteiger partial charge in [-0.25, -0.2) is 4.39 Å². The minimum absolute atomic E-state index is 0.0485. The van der Waals surface area contributed by atoms with Gasteiger partial charge in [-0.2, -0.15) is 0 Å². The highest BCUT2D eigenvalue weighted by Crippen LogP contribution is 2.28. The number of nitrogens with zero attached hydrogens (tertiary/aromatic N) is 1. The van der Waals surface area contributed by atoms with E-state index in [-0.39, 0.29) is 24.3 Å². The zero-order valence-electron chi connectivity index (χ0n) is 23.0. The summed E-state index contributed by atoms with van der Waals surface area (Å²) in [4.78, 5) is 13.4. The zero-order valence-corrected chi connectivity index (χ0v) is 23.0. The number of hydrogen-bond acceptors (Lipinski definition) is 4. The summed E-state index contributed by atoms with van der Waals surface area (Å²) >= 11 is 0. The second-order valence-electron chi connectivity index (χ2n) is 10.0. The number of halogens is 1. The summed E-state index contributed by atoms with van der Waals surface area (Å²) < 4.78 is 26.4. The number of aliphatic carboxylic acids is 1. The maximum absolute atomic E-state index is 15.0. The fourth-order valence-electron chi connectivity index (χ4n) is 4.85. The van der Waals surface area contributed by atoms with E-state index in [2.05, 4.69) is 29.2 Å². The lowest BCUT2D eigenvalue weighted by molar-refractivity contribution is -0.136. The highest BCUT2D eigenvalue weighted by atomic mass is 19.1. The van der Waals surface area contributed by atoms with Crippen molar-refractivity contribution in [3.05, 3.63) is 131 Å². The molecule has 4 rings (SSSR count). The van der Waals surface area contributed by atoms with E-state index in [0.717, 1.165) is 0 Å². The zero-order chi connectivity index (χ0) is 28.3. The van der Waals surface area contributed by atoms with E-state index >= 15 is 4.39 Å². The van der Waals surface area contributed by atoms with Crippen molar-refractivity contribution >= 4 is 5.97 Å². The topological polar surface area (TPSA) is 59.0 Å². The third-order valence-corrected chi connectivity index (χ3v) is 6.94. The molecule has 0 bridgehead atoms. The molecule has 0 heterocycles. The molecule has 1 unspecified atom stereocenters. The molecule has 40 heavy (non-hydrogen) atoms. The molecule has 0 aromatic heterocycles. The highest BCUT2D eigenvalue weighted by Gasteiger charge is 2.21. The molecule has 0 saturated heterocycles. The predicted octanol–water partition coefficient (Wildman–Crippen LogP) is 6.95. The van der Waals surface area contributed by atoms with E-state index in [0.29, 0.717) is 48.7 Å². The van der Waals surface area contributed by atoms with E-state index in [1.54, 1.807) is 24.3 Å². The standard InChI is InChI=1S/C34H36FNO4/c1-25(40-31-15-9-10-26(20-31)21-34(37)38)18-19-36(23-29-16-17-30(39-2)22-33(29)35)24-32(27-11-5-3-6-12-27)28-13-7-4-8-14-28/h3-17,20,22,25,32H,18-19,21,23-24H2,1-2H3,(H,37,38). The van der Waals surface area contributed by atoms with Crippen molar-refractivity contribution in [3.8, 4) is 11.5 Å². The lowest BCUT2D eigenvalue weighted by Gasteiger charge is -2.29. The lowest BCUT2D eigenvalue weighted by atomic mass is 9.90. The van der Waals surface area contributed by atoms with Gasteiger partial charge in [-0.05, 0) is 48.2 Å². The summed E-state index contributed by atoms with van der Waals surface area (Å²) in [5.74, 6) is 0.0716. The van der Waals surface area contributed by atoms with Crippen molar-refractivity contribution in [3.63, 3.8) is 0 Å². The molecule has 1 N–H and O–H groups in total. The molecule has 208 valence electrons. The monoisotopic (exact) mass is 541 g/mol. The molecule has 4 aromatic carbocycles. The fourth-order valence-corrected chi connectivity index (χ4v) is 4.85. The number of carboxylic acid groups (broad SMARTS) is 1. The van der Waals surface area contributed by atoms with E-state index in [4.69, 9.17) is 14.6 Å². The van der Waals surface area contributed by atoms with Crippen LogP contribution in [0.5, 0.6) is 11.5 Å². The molecule has 0 saturated carbocycles. The molecule has 4 aromatic rings. The Balaban J connectivity index is 1.53. The number of carbonyl (C=O) groups is 1. The Bertz CT molecular complexity index is 1320. The van der Waals surface area contributed by atoms with E-state index in [1.807, 2.05) is 55.5 Å². The molecule has 0 aliphatic heterocycles. The Labute approximate surface area is 235 Å². The third-order valence-electron chi connectivity index (χ3n) is 6.94. The average Bonchev–Trinajstić information content (AvgIpc) is 2.96. The smallest absolute Gasteiger partial charge is 0.307 e. The van der Waals surface area contributed by atoms with Crippen LogP contribution in [0.15, 0.2) is 103 Å². The van der Waals surface area contributed by atoms with E-state index in [1.165, 1.54) is 24.3 Å². The molecular formula is C34H36FNO4. The Morgan fingerprint density at radius 3 is 2.15 bits per heavy atom. The summed E-state index contributed by atoms with van der Waals surface area (Å²) in [5, 5.41) is 9.11. The number of methoxy groups -OCH3 is 1. The fraction of sp³-hybridized carbons (Fsp3) is 0.265. The van der Waals surface area contributed by atoms with Crippen LogP contribution in [0.3, 0.4) is 0 Å². The maximum atomic E-state index is 15.0. The van der Waals surface area contributed by atoms with Gasteiger partial charge in [0.05, 0.1) is 19.6 Å². The molecule has 0 fully saturated rings. The molecule has 0 aliphatic carbocycles. The SMILES string of the molecule is COc1ccc(CN(CCC(C)Oc2cccc(CC(=O)O)c2)CC(c2ccccc2)c2ccccc2)c(F)c1. The average molecular weight is 542 g/mol. The Morgan fingerprint density at radius 1 is 0.875 bits per heavy atom. The number of ether oxygens (including phenoxy) is 2. The minimum atomic E-state index is -0.877. The first-order valence-corrected chi connectivity index (χ1v) is 13.5. The highest BCUT2D eigenvalue weighted by molar-refractivity contribution is 5.70. The quantitative estimate of drug-likeness (QED) is 0.187. The van der Waals surface area contributed by atoms with Crippen LogP contribution in [0.4, 0.5) is 4.39 Å². The van der Waals surface area contributed by atoms with Crippen LogP contribution in [0.1, 0.15) is 41.5 Å². The van der Waals surface area contributed by atoms with Gasteiger partial charge in [-0.3, -0.25) is 9.69 Å². The minimum Gasteiger partial charge on any atom is -0.497 e. The molecule has 0 aliphatic rings. The van der Waals surface area contributed by atoms with Crippen LogP contribution in [-0.2, 0) is 17.8 Å². The van der Waals surface area contributed by atoms with Crippen molar-refractivity contribution < 1.29 is 23.8 Å². The second kappa shape index (κ2) is 14.3. The lowest BCUT2D eigenvalue weighted by Crippen LogP contribution is -2.32. The summed E-state index contributed by atoms with van der Waals surface area (Å²) in [5.41, 5.74) is 3.71. The first kappa shape index (κ1) is 28.8. The first-order valence-electron chi connectivity index (χ1n) is 13.5. The molecule has 1 atom stereocenters. The normalized spacial score (nSPS) is 11.9. The van der Waals surface area contributed by atoms with Crippen molar-refractivity contribution in [1.82, 2.24) is 4.90 Å². The second-order valence-corrected chi connectivity index (χ2v) is 10.0. The van der Waals surface area contributed by atoms with Crippen molar-refractivity contribution in [2.45, 2.75) is 38.3 Å². The van der Waals surface area contributed by atoms with Gasteiger partial charge >= 0.3 is 5.97 Å². The van der Waals surface area contributed by atoms with Crippen molar-refractivity contribution in [2.75, 3.05) is 20.2 Å². The summed E-state index contributed by atoms with van der Waals surface area (Å²) in [6, 6.07) is 33.0. The van der Waals surface area contributed by atoms with Crippen LogP contribution in [0.25, 0.3) is 0 Å². The van der Waals surface area contributed by atoms with Gasteiger partial charge < -0.3 is 14.6 Å². The van der Waals surface area contributed by atoms with Gasteiger partial charge in [0.25, 0.3) is 0 Å². The molecule has 0 amide bonds. The van der Waals surface area contributed by atoms with Crippen LogP contribution in [-0.4, -0.2) is 42.3 Å². The van der Waals surface area contributed by atoms with Crippen LogP contribution >= 0.6 is 0 Å². The molecule has 6 heteroatoms. The van der Waals surface area contributed by atoms with Gasteiger partial charge in [0, 0.05) is 37.2 Å². The summed E-state index contributed by atoms with van der Waals surface area (Å²) in [6.07, 6.45) is 0.528. The van der Waals surface area contributed by atoms with Crippen molar-refractivity contribution in [1.29, 1.82) is 0 Å². The Hall–Kier alpha value is -4.16. The van der Waals surface area contributed by atoms with Crippen LogP contribution < -0.4 is 9.47 Å². The summed E-state index contributed by atoms with van der Waals surface area (Å²) in [6.45, 7) is 3.81. The third kappa shape index (κ3) is 8.42. The number of rotatable bonds is 14. The molecule has 5 nitrogen and oxygen atoms in total. The Morgan fingerprint density at radius 2 is 1.55 bits per heavy atom. The van der Waals surface area contributed by atoms with Gasteiger partial charge in [0.15, 0.2) is 0 Å². The van der Waals surface area contributed by atoms with E-state index < -0.39 is 5.97 Å². The van der Waals surface area contributed by atoms with Gasteiger partial charge in [-0.15, -0.1) is 0 Å². The number of carboxylic acids is 1. The van der Waals surface area contributed by atoms with Gasteiger partial charge in [-0.1, -0.05) is 78.9 Å². The Kier molecular flexibility index (Phi) is 10.3. The van der Waals surface area contributed by atoms with E-state index in [9.17, 15) is 4.79 Å². The molecular weight excluding hydrogens is 505 g/mol. The van der Waals surface area contributed by atoms with Crippen molar-refractivity contribution in [2.24, 2.45) is 0 Å². The number of benzene rings is 4. The molecule has 0 spiro atoms. The number of hydrogen-bond donors (Lipinski definition) is 1. The maximum Gasteiger partial charge on any atom is 0.307 e. The first-order chi connectivity index (χ1) is 19.4.